The van der Waals surface area contributed by atoms with Gasteiger partial charge in [-0.15, -0.1) is 0 Å². The number of carboxylic acids is 1. The first-order valence-electron chi connectivity index (χ1n) is 5.35. The Morgan fingerprint density at radius 3 is 2.07 bits per heavy atom. The Labute approximate surface area is 91.2 Å². The highest BCUT2D eigenvalue weighted by molar-refractivity contribution is 5.77. The second-order valence-electron chi connectivity index (χ2n) is 5.16. The first-order chi connectivity index (χ1) is 6.82. The zero-order chi connectivity index (χ0) is 11.7. The minimum atomic E-state index is -0.957. The molecular formula is C11H21NO3. The molecule has 0 aromatic rings. The molecule has 4 heteroatoms. The maximum absolute atomic E-state index is 11.1. The van der Waals surface area contributed by atoms with Gasteiger partial charge in [0.1, 0.15) is 0 Å². The Morgan fingerprint density at radius 1 is 1.33 bits per heavy atom. The van der Waals surface area contributed by atoms with Crippen LogP contribution in [0.5, 0.6) is 0 Å². The van der Waals surface area contributed by atoms with Gasteiger partial charge in [-0.05, 0) is 33.6 Å². The molecule has 1 aliphatic heterocycles. The first-order valence-corrected chi connectivity index (χ1v) is 5.35. The van der Waals surface area contributed by atoms with Gasteiger partial charge in [0, 0.05) is 25.7 Å². The van der Waals surface area contributed by atoms with Crippen molar-refractivity contribution in [2.75, 3.05) is 20.2 Å². The van der Waals surface area contributed by atoms with Crippen molar-refractivity contribution in [3.8, 4) is 0 Å². The fourth-order valence-corrected chi connectivity index (χ4v) is 2.04. The van der Waals surface area contributed by atoms with Gasteiger partial charge in [-0.25, -0.2) is 4.79 Å². The van der Waals surface area contributed by atoms with Gasteiger partial charge in [0.05, 0.1) is 0 Å². The fraction of sp³-hybridized carbons (Fsp3) is 0.909. The van der Waals surface area contributed by atoms with Crippen LogP contribution in [-0.4, -0.2) is 47.3 Å². The van der Waals surface area contributed by atoms with Gasteiger partial charge < -0.3 is 9.84 Å². The summed E-state index contributed by atoms with van der Waals surface area (Å²) in [6.45, 7) is 8.00. The van der Waals surface area contributed by atoms with Crippen molar-refractivity contribution in [1.82, 2.24) is 4.90 Å². The number of piperidine rings is 1. The van der Waals surface area contributed by atoms with Crippen LogP contribution in [0.1, 0.15) is 33.6 Å². The van der Waals surface area contributed by atoms with Crippen molar-refractivity contribution < 1.29 is 14.6 Å². The largest absolute Gasteiger partial charge is 0.479 e. The molecule has 0 aliphatic carbocycles. The van der Waals surface area contributed by atoms with Crippen LogP contribution in [-0.2, 0) is 9.53 Å². The smallest absolute Gasteiger partial charge is 0.336 e. The third-order valence-corrected chi connectivity index (χ3v) is 3.30. The molecule has 1 heterocycles. The van der Waals surface area contributed by atoms with Gasteiger partial charge in [-0.3, -0.25) is 4.90 Å². The van der Waals surface area contributed by atoms with Crippen molar-refractivity contribution >= 4 is 5.97 Å². The number of carboxylic acid groups (broad SMARTS) is 1. The molecule has 15 heavy (non-hydrogen) atoms. The lowest BCUT2D eigenvalue weighted by atomic mass is 9.89. The highest BCUT2D eigenvalue weighted by atomic mass is 16.5. The van der Waals surface area contributed by atoms with Gasteiger partial charge in [0.25, 0.3) is 0 Å². The Kier molecular flexibility index (Phi) is 3.41. The van der Waals surface area contributed by atoms with Crippen molar-refractivity contribution in [3.05, 3.63) is 0 Å². The van der Waals surface area contributed by atoms with E-state index in [1.807, 2.05) is 0 Å². The molecule has 0 spiro atoms. The molecule has 0 saturated carbocycles. The highest BCUT2D eigenvalue weighted by Gasteiger charge is 2.43. The second kappa shape index (κ2) is 4.10. The highest BCUT2D eigenvalue weighted by Crippen LogP contribution is 2.29. The number of likely N-dealkylation sites (tertiary alicyclic amines) is 1. The van der Waals surface area contributed by atoms with E-state index in [1.165, 1.54) is 7.11 Å². The normalized spacial score (nSPS) is 22.7. The number of ether oxygens (including phenoxy) is 1. The van der Waals surface area contributed by atoms with Gasteiger partial charge in [0.15, 0.2) is 5.60 Å². The zero-order valence-electron chi connectivity index (χ0n) is 10.0. The average Bonchev–Trinajstić information content (AvgIpc) is 2.16. The van der Waals surface area contributed by atoms with Crippen LogP contribution in [0.3, 0.4) is 0 Å². The number of carbonyl (C=O) groups is 1. The maximum atomic E-state index is 11.1. The minimum Gasteiger partial charge on any atom is -0.479 e. The van der Waals surface area contributed by atoms with E-state index in [2.05, 4.69) is 25.7 Å². The van der Waals surface area contributed by atoms with Crippen molar-refractivity contribution in [1.29, 1.82) is 0 Å². The van der Waals surface area contributed by atoms with Crippen LogP contribution in [0, 0.1) is 0 Å². The van der Waals surface area contributed by atoms with Crippen LogP contribution >= 0.6 is 0 Å². The van der Waals surface area contributed by atoms with E-state index >= 15 is 0 Å². The van der Waals surface area contributed by atoms with Gasteiger partial charge in [-0.1, -0.05) is 0 Å². The number of nitrogens with zero attached hydrogens (tertiary/aromatic N) is 1. The Hall–Kier alpha value is -0.610. The van der Waals surface area contributed by atoms with E-state index in [0.29, 0.717) is 12.8 Å². The lowest BCUT2D eigenvalue weighted by Gasteiger charge is -2.43. The first kappa shape index (κ1) is 12.5. The van der Waals surface area contributed by atoms with Gasteiger partial charge in [0.2, 0.25) is 0 Å². The van der Waals surface area contributed by atoms with Crippen LogP contribution in [0.25, 0.3) is 0 Å². The van der Waals surface area contributed by atoms with E-state index in [0.717, 1.165) is 13.1 Å². The molecular weight excluding hydrogens is 194 g/mol. The molecule has 0 atom stereocenters. The van der Waals surface area contributed by atoms with E-state index in [1.54, 1.807) is 0 Å². The predicted molar refractivity (Wildman–Crippen MR) is 57.9 cm³/mol. The Balaban J connectivity index is 2.65. The maximum Gasteiger partial charge on any atom is 0.336 e. The molecule has 1 N–H and O–H groups in total. The summed E-state index contributed by atoms with van der Waals surface area (Å²) in [4.78, 5) is 13.4. The Morgan fingerprint density at radius 2 is 1.80 bits per heavy atom. The van der Waals surface area contributed by atoms with E-state index < -0.39 is 11.6 Å². The number of methoxy groups -OCH3 is 1. The second-order valence-corrected chi connectivity index (χ2v) is 5.16. The predicted octanol–water partition coefficient (Wildman–Crippen LogP) is 1.35. The Bertz CT molecular complexity index is 237. The van der Waals surface area contributed by atoms with Crippen LogP contribution in [0.4, 0.5) is 0 Å². The molecule has 88 valence electrons. The summed E-state index contributed by atoms with van der Waals surface area (Å²) in [5, 5.41) is 9.13. The molecule has 0 aromatic heterocycles. The quantitative estimate of drug-likeness (QED) is 0.755. The number of rotatable bonds is 2. The zero-order valence-corrected chi connectivity index (χ0v) is 10.0. The van der Waals surface area contributed by atoms with Crippen molar-refractivity contribution in [2.24, 2.45) is 0 Å². The molecule has 1 saturated heterocycles. The van der Waals surface area contributed by atoms with E-state index in [4.69, 9.17) is 9.84 Å². The van der Waals surface area contributed by atoms with Crippen LogP contribution in [0.15, 0.2) is 0 Å². The summed E-state index contributed by atoms with van der Waals surface area (Å²) in [6, 6.07) is 0. The number of hydrogen-bond donors (Lipinski definition) is 1. The molecule has 1 fully saturated rings. The summed E-state index contributed by atoms with van der Waals surface area (Å²) < 4.78 is 5.17. The molecule has 0 amide bonds. The van der Waals surface area contributed by atoms with Gasteiger partial charge >= 0.3 is 5.97 Å². The third kappa shape index (κ3) is 2.49. The molecule has 0 aromatic carbocycles. The molecule has 0 bridgehead atoms. The third-order valence-electron chi connectivity index (χ3n) is 3.30. The van der Waals surface area contributed by atoms with Crippen molar-refractivity contribution in [2.45, 2.75) is 44.8 Å². The summed E-state index contributed by atoms with van der Waals surface area (Å²) in [6.07, 6.45) is 1.13. The summed E-state index contributed by atoms with van der Waals surface area (Å²) in [7, 11) is 1.49. The summed E-state index contributed by atoms with van der Waals surface area (Å²) in [5.41, 5.74) is -0.847. The summed E-state index contributed by atoms with van der Waals surface area (Å²) in [5.74, 6) is -0.835. The van der Waals surface area contributed by atoms with Gasteiger partial charge in [-0.2, -0.15) is 0 Å². The molecule has 4 nitrogen and oxygen atoms in total. The number of aliphatic carboxylic acids is 1. The molecule has 1 rings (SSSR count). The monoisotopic (exact) mass is 215 g/mol. The topological polar surface area (TPSA) is 49.8 Å². The molecule has 0 unspecified atom stereocenters. The average molecular weight is 215 g/mol. The van der Waals surface area contributed by atoms with E-state index in [-0.39, 0.29) is 5.54 Å². The standard InChI is InChI=1S/C11H21NO3/c1-10(2,3)12-7-5-11(15-4,6-8-12)9(13)14/h5-8H2,1-4H3,(H,13,14). The van der Waals surface area contributed by atoms with Crippen LogP contribution < -0.4 is 0 Å². The number of hydrogen-bond acceptors (Lipinski definition) is 3. The van der Waals surface area contributed by atoms with Crippen molar-refractivity contribution in [3.63, 3.8) is 0 Å². The SMILES string of the molecule is COC1(C(=O)O)CCN(C(C)(C)C)CC1. The molecule has 1 aliphatic rings. The summed E-state index contributed by atoms with van der Waals surface area (Å²) >= 11 is 0. The lowest BCUT2D eigenvalue weighted by molar-refractivity contribution is -0.169. The van der Waals surface area contributed by atoms with E-state index in [9.17, 15) is 4.79 Å². The molecule has 0 radical (unpaired) electrons. The minimum absolute atomic E-state index is 0.110. The fourth-order valence-electron chi connectivity index (χ4n) is 2.04. The lowest BCUT2D eigenvalue weighted by Crippen LogP contribution is -2.55. The van der Waals surface area contributed by atoms with Crippen LogP contribution in [0.2, 0.25) is 0 Å².